The first-order valence-electron chi connectivity index (χ1n) is 6.45. The predicted molar refractivity (Wildman–Crippen MR) is 78.9 cm³/mol. The van der Waals surface area contributed by atoms with Crippen molar-refractivity contribution < 1.29 is 14.3 Å². The Hall–Kier alpha value is -1.37. The van der Waals surface area contributed by atoms with Crippen molar-refractivity contribution >= 4 is 29.8 Å². The van der Waals surface area contributed by atoms with Crippen LogP contribution in [0.1, 0.15) is 19.3 Å². The monoisotopic (exact) mass is 301 g/mol. The van der Waals surface area contributed by atoms with Crippen LogP contribution in [0.5, 0.6) is 0 Å². The second-order valence-corrected chi connectivity index (χ2v) is 4.45. The molecule has 6 nitrogen and oxygen atoms in total. The smallest absolute Gasteiger partial charge is 0.226 e. The average molecular weight is 302 g/mol. The molecule has 1 saturated heterocycles. The normalized spacial score (nSPS) is 15.4. The third-order valence-corrected chi connectivity index (χ3v) is 2.92. The Balaban J connectivity index is 0.00000200. The fourth-order valence-corrected chi connectivity index (χ4v) is 1.86. The van der Waals surface area contributed by atoms with E-state index in [1.54, 1.807) is 12.1 Å². The second kappa shape index (κ2) is 8.73. The highest BCUT2D eigenvalue weighted by molar-refractivity contribution is 5.90. The van der Waals surface area contributed by atoms with Crippen LogP contribution in [-0.2, 0) is 14.3 Å². The summed E-state index contributed by atoms with van der Waals surface area (Å²) in [5, 5.41) is 2.75. The van der Waals surface area contributed by atoms with Gasteiger partial charge in [-0.15, -0.1) is 12.4 Å². The van der Waals surface area contributed by atoms with Crippen LogP contribution in [0.15, 0.2) is 18.3 Å². The van der Waals surface area contributed by atoms with Gasteiger partial charge in [-0.1, -0.05) is 0 Å². The number of hydrogen-bond acceptors (Lipinski definition) is 5. The van der Waals surface area contributed by atoms with Gasteiger partial charge >= 0.3 is 0 Å². The molecule has 7 heteroatoms. The maximum atomic E-state index is 11.7. The number of nitrogens with zero attached hydrogens (tertiary/aromatic N) is 1. The van der Waals surface area contributed by atoms with Crippen LogP contribution in [-0.4, -0.2) is 36.8 Å². The van der Waals surface area contributed by atoms with Gasteiger partial charge in [-0.3, -0.25) is 4.79 Å². The summed E-state index contributed by atoms with van der Waals surface area (Å²) < 4.78 is 10.9. The molecule has 1 aliphatic rings. The quantitative estimate of drug-likeness (QED) is 0.863. The van der Waals surface area contributed by atoms with Gasteiger partial charge in [-0.25, -0.2) is 4.98 Å². The van der Waals surface area contributed by atoms with Crippen molar-refractivity contribution in [3.8, 4) is 0 Å². The van der Waals surface area contributed by atoms with E-state index in [0.717, 1.165) is 26.1 Å². The van der Waals surface area contributed by atoms with Gasteiger partial charge in [0.05, 0.1) is 31.0 Å². The van der Waals surface area contributed by atoms with Crippen molar-refractivity contribution in [3.05, 3.63) is 18.3 Å². The molecule has 1 aliphatic heterocycles. The molecule has 2 rings (SSSR count). The van der Waals surface area contributed by atoms with Crippen LogP contribution < -0.4 is 11.1 Å². The molecule has 0 unspecified atom stereocenters. The zero-order valence-corrected chi connectivity index (χ0v) is 12.0. The molecular formula is C13H20ClN3O3. The number of nitrogen functional groups attached to an aromatic ring is 1. The van der Waals surface area contributed by atoms with Gasteiger partial charge in [-0.2, -0.15) is 0 Å². The highest BCUT2D eigenvalue weighted by atomic mass is 35.5. The number of carbonyl (C=O) groups is 1. The van der Waals surface area contributed by atoms with Crippen LogP contribution in [0.25, 0.3) is 0 Å². The largest absolute Gasteiger partial charge is 0.384 e. The topological polar surface area (TPSA) is 86.5 Å². The summed E-state index contributed by atoms with van der Waals surface area (Å²) in [5.41, 5.74) is 6.11. The molecule has 2 heterocycles. The highest BCUT2D eigenvalue weighted by Gasteiger charge is 2.14. The van der Waals surface area contributed by atoms with Gasteiger partial charge in [-0.05, 0) is 25.0 Å². The molecule has 20 heavy (non-hydrogen) atoms. The molecule has 112 valence electrons. The van der Waals surface area contributed by atoms with Crippen LogP contribution in [0.3, 0.4) is 0 Å². The van der Waals surface area contributed by atoms with Crippen molar-refractivity contribution in [2.75, 3.05) is 30.9 Å². The first-order chi connectivity index (χ1) is 9.24. The van der Waals surface area contributed by atoms with Gasteiger partial charge in [0.15, 0.2) is 0 Å². The lowest BCUT2D eigenvalue weighted by atomic mass is 10.1. The molecule has 1 amide bonds. The van der Waals surface area contributed by atoms with Crippen molar-refractivity contribution in [1.82, 2.24) is 4.98 Å². The maximum absolute atomic E-state index is 11.7. The van der Waals surface area contributed by atoms with E-state index in [2.05, 4.69) is 10.3 Å². The van der Waals surface area contributed by atoms with Crippen LogP contribution >= 0.6 is 12.4 Å². The number of rotatable bonds is 5. The lowest BCUT2D eigenvalue weighted by Crippen LogP contribution is -2.25. The van der Waals surface area contributed by atoms with E-state index in [0.29, 0.717) is 24.5 Å². The third-order valence-electron chi connectivity index (χ3n) is 2.92. The van der Waals surface area contributed by atoms with Crippen molar-refractivity contribution in [1.29, 1.82) is 0 Å². The first kappa shape index (κ1) is 16.7. The highest BCUT2D eigenvalue weighted by Crippen LogP contribution is 2.11. The molecule has 0 aliphatic carbocycles. The first-order valence-corrected chi connectivity index (χ1v) is 6.45. The molecule has 0 atom stereocenters. The minimum Gasteiger partial charge on any atom is -0.384 e. The third kappa shape index (κ3) is 5.73. The van der Waals surface area contributed by atoms with Crippen molar-refractivity contribution in [2.24, 2.45) is 0 Å². The summed E-state index contributed by atoms with van der Waals surface area (Å²) in [6.45, 7) is 1.92. The Morgan fingerprint density at radius 2 is 2.20 bits per heavy atom. The van der Waals surface area contributed by atoms with Gasteiger partial charge in [0.2, 0.25) is 5.91 Å². The molecule has 0 bridgehead atoms. The van der Waals surface area contributed by atoms with Gasteiger partial charge < -0.3 is 20.5 Å². The van der Waals surface area contributed by atoms with Crippen LogP contribution in [0.2, 0.25) is 0 Å². The second-order valence-electron chi connectivity index (χ2n) is 4.45. The number of carbonyl (C=O) groups excluding carboxylic acids is 1. The summed E-state index contributed by atoms with van der Waals surface area (Å²) in [6, 6.07) is 3.37. The molecule has 0 saturated carbocycles. The minimum atomic E-state index is -0.0846. The predicted octanol–water partition coefficient (Wildman–Crippen LogP) is 1.61. The summed E-state index contributed by atoms with van der Waals surface area (Å²) >= 11 is 0. The van der Waals surface area contributed by atoms with E-state index in [-0.39, 0.29) is 24.4 Å². The fraction of sp³-hybridized carbons (Fsp3) is 0.538. The van der Waals surface area contributed by atoms with E-state index in [1.165, 1.54) is 6.20 Å². The number of amides is 1. The summed E-state index contributed by atoms with van der Waals surface area (Å²) in [4.78, 5) is 15.6. The number of nitrogens with one attached hydrogen (secondary N) is 1. The zero-order chi connectivity index (χ0) is 13.5. The summed E-state index contributed by atoms with van der Waals surface area (Å²) in [6.07, 6.45) is 3.90. The molecule has 0 radical (unpaired) electrons. The van der Waals surface area contributed by atoms with E-state index in [9.17, 15) is 4.79 Å². The summed E-state index contributed by atoms with van der Waals surface area (Å²) in [5.74, 6) is 0.347. The number of halogens is 1. The molecule has 1 fully saturated rings. The number of nitrogens with two attached hydrogens (primary N) is 1. The standard InChI is InChI=1S/C13H19N3O3.ClH/c14-12-2-1-10(9-15-12)16-13(17)5-8-19-11-3-6-18-7-4-11;/h1-2,9,11H,3-8H2,(H2,14,15)(H,16,17);1H. The maximum Gasteiger partial charge on any atom is 0.226 e. The Bertz CT molecular complexity index is 408. The van der Waals surface area contributed by atoms with Crippen LogP contribution in [0, 0.1) is 0 Å². The number of aromatic nitrogens is 1. The molecule has 0 spiro atoms. The zero-order valence-electron chi connectivity index (χ0n) is 11.2. The number of pyridine rings is 1. The molecule has 1 aromatic heterocycles. The Morgan fingerprint density at radius 1 is 1.45 bits per heavy atom. The van der Waals surface area contributed by atoms with Gasteiger partial charge in [0, 0.05) is 13.2 Å². The lowest BCUT2D eigenvalue weighted by Gasteiger charge is -2.22. The lowest BCUT2D eigenvalue weighted by molar-refractivity contribution is -0.118. The van der Waals surface area contributed by atoms with E-state index in [4.69, 9.17) is 15.2 Å². The van der Waals surface area contributed by atoms with E-state index >= 15 is 0 Å². The Kier molecular flexibility index (Phi) is 7.28. The van der Waals surface area contributed by atoms with Crippen molar-refractivity contribution in [2.45, 2.75) is 25.4 Å². The number of anilines is 2. The Labute approximate surface area is 124 Å². The Morgan fingerprint density at radius 3 is 2.85 bits per heavy atom. The van der Waals surface area contributed by atoms with E-state index < -0.39 is 0 Å². The molecular weight excluding hydrogens is 282 g/mol. The van der Waals surface area contributed by atoms with Gasteiger partial charge in [0.1, 0.15) is 5.82 Å². The SMILES string of the molecule is Cl.Nc1ccc(NC(=O)CCOC2CCOCC2)cn1. The number of hydrogen-bond donors (Lipinski definition) is 2. The fourth-order valence-electron chi connectivity index (χ4n) is 1.86. The molecule has 3 N–H and O–H groups in total. The van der Waals surface area contributed by atoms with Crippen LogP contribution in [0.4, 0.5) is 11.5 Å². The van der Waals surface area contributed by atoms with Gasteiger partial charge in [0.25, 0.3) is 0 Å². The number of ether oxygens (including phenoxy) is 2. The van der Waals surface area contributed by atoms with E-state index in [1.807, 2.05) is 0 Å². The summed E-state index contributed by atoms with van der Waals surface area (Å²) in [7, 11) is 0. The minimum absolute atomic E-state index is 0. The van der Waals surface area contributed by atoms with Crippen molar-refractivity contribution in [3.63, 3.8) is 0 Å². The average Bonchev–Trinajstić information content (AvgIpc) is 2.43. The molecule has 1 aromatic rings. The molecule has 0 aromatic carbocycles.